The molecule has 0 aliphatic rings. The second-order valence-corrected chi connectivity index (χ2v) is 3.83. The van der Waals surface area contributed by atoms with E-state index in [-0.39, 0.29) is 5.91 Å². The second-order valence-electron chi connectivity index (χ2n) is 3.45. The van der Waals surface area contributed by atoms with Crippen molar-refractivity contribution in [2.24, 2.45) is 0 Å². The van der Waals surface area contributed by atoms with Crippen molar-refractivity contribution in [3.8, 4) is 0 Å². The van der Waals surface area contributed by atoms with Crippen molar-refractivity contribution in [2.45, 2.75) is 51.4 Å². The van der Waals surface area contributed by atoms with Crippen LogP contribution >= 0.6 is 11.6 Å². The summed E-state index contributed by atoms with van der Waals surface area (Å²) in [5.74, 6) is 0.476. The molecule has 0 atom stereocenters. The van der Waals surface area contributed by atoms with Crippen molar-refractivity contribution in [1.29, 1.82) is 0 Å². The topological polar surface area (TPSA) is 49.3 Å². The first kappa shape index (κ1) is 13.7. The minimum atomic E-state index is -0.285. The zero-order chi connectivity index (χ0) is 10.6. The van der Waals surface area contributed by atoms with E-state index in [4.69, 9.17) is 16.8 Å². The van der Waals surface area contributed by atoms with Gasteiger partial charge in [0.1, 0.15) is 0 Å². The van der Waals surface area contributed by atoms with Crippen molar-refractivity contribution in [3.05, 3.63) is 0 Å². The molecule has 3 nitrogen and oxygen atoms in total. The summed E-state index contributed by atoms with van der Waals surface area (Å²) in [6.07, 6.45) is 8.29. The Kier molecular flexibility index (Phi) is 10.6. The van der Waals surface area contributed by atoms with Crippen LogP contribution in [0.25, 0.3) is 0 Å². The number of rotatable bonds is 9. The molecule has 0 aromatic rings. The van der Waals surface area contributed by atoms with Gasteiger partial charge in [0, 0.05) is 12.3 Å². The van der Waals surface area contributed by atoms with E-state index < -0.39 is 0 Å². The molecule has 4 heteroatoms. The highest BCUT2D eigenvalue weighted by Crippen LogP contribution is 2.08. The molecule has 0 fully saturated rings. The molecule has 0 aliphatic heterocycles. The van der Waals surface area contributed by atoms with Gasteiger partial charge in [-0.1, -0.05) is 32.1 Å². The van der Waals surface area contributed by atoms with Crippen LogP contribution in [0.15, 0.2) is 0 Å². The van der Waals surface area contributed by atoms with Crippen LogP contribution in [0, 0.1) is 0 Å². The lowest BCUT2D eigenvalue weighted by molar-refractivity contribution is -0.129. The third-order valence-electron chi connectivity index (χ3n) is 2.16. The first-order valence-electron chi connectivity index (χ1n) is 5.30. The normalized spacial score (nSPS) is 10.1. The maximum absolute atomic E-state index is 10.6. The summed E-state index contributed by atoms with van der Waals surface area (Å²) < 4.78 is 0. The van der Waals surface area contributed by atoms with E-state index >= 15 is 0 Å². The van der Waals surface area contributed by atoms with Gasteiger partial charge < -0.3 is 0 Å². The van der Waals surface area contributed by atoms with E-state index in [1.54, 1.807) is 5.48 Å². The highest BCUT2D eigenvalue weighted by Gasteiger charge is 1.97. The average Bonchev–Trinajstić information content (AvgIpc) is 2.21. The molecule has 0 radical (unpaired) electrons. The number of hydrogen-bond donors (Lipinski definition) is 2. The molecule has 0 aromatic heterocycles. The number of carbonyl (C=O) groups is 1. The first-order valence-corrected chi connectivity index (χ1v) is 5.83. The fourth-order valence-corrected chi connectivity index (χ4v) is 1.51. The van der Waals surface area contributed by atoms with E-state index in [0.29, 0.717) is 6.42 Å². The molecular weight excluding hydrogens is 202 g/mol. The molecule has 0 heterocycles. The number of hydrogen-bond acceptors (Lipinski definition) is 2. The minimum Gasteiger partial charge on any atom is -0.289 e. The summed E-state index contributed by atoms with van der Waals surface area (Å²) in [4.78, 5) is 10.6. The molecule has 0 saturated heterocycles. The number of nitrogens with one attached hydrogen (secondary N) is 1. The Morgan fingerprint density at radius 1 is 1.00 bits per heavy atom. The van der Waals surface area contributed by atoms with Gasteiger partial charge in [0.05, 0.1) is 0 Å². The molecular formula is C10H20ClNO2. The summed E-state index contributed by atoms with van der Waals surface area (Å²) in [5, 5.41) is 8.22. The number of unbranched alkanes of at least 4 members (excludes halogenated alkanes) is 6. The van der Waals surface area contributed by atoms with Gasteiger partial charge in [0.25, 0.3) is 0 Å². The average molecular weight is 222 g/mol. The van der Waals surface area contributed by atoms with Gasteiger partial charge in [-0.2, -0.15) is 0 Å². The van der Waals surface area contributed by atoms with Crippen molar-refractivity contribution in [1.82, 2.24) is 5.48 Å². The van der Waals surface area contributed by atoms with Crippen LogP contribution in [0.5, 0.6) is 0 Å². The van der Waals surface area contributed by atoms with Crippen molar-refractivity contribution >= 4 is 17.5 Å². The van der Waals surface area contributed by atoms with Gasteiger partial charge in [-0.25, -0.2) is 5.48 Å². The molecule has 0 aliphatic carbocycles. The maximum Gasteiger partial charge on any atom is 0.243 e. The Morgan fingerprint density at radius 3 is 2.00 bits per heavy atom. The van der Waals surface area contributed by atoms with Crippen LogP contribution in [0.2, 0.25) is 0 Å². The monoisotopic (exact) mass is 221 g/mol. The van der Waals surface area contributed by atoms with Crippen molar-refractivity contribution < 1.29 is 10.0 Å². The minimum absolute atomic E-state index is 0.285. The lowest BCUT2D eigenvalue weighted by atomic mass is 10.1. The van der Waals surface area contributed by atoms with Crippen LogP contribution < -0.4 is 5.48 Å². The third-order valence-corrected chi connectivity index (χ3v) is 2.43. The Labute approximate surface area is 90.8 Å². The van der Waals surface area contributed by atoms with Crippen LogP contribution in [-0.2, 0) is 4.79 Å². The van der Waals surface area contributed by atoms with E-state index in [1.807, 2.05) is 0 Å². The van der Waals surface area contributed by atoms with Gasteiger partial charge in [0.2, 0.25) is 5.91 Å². The molecule has 0 rings (SSSR count). The highest BCUT2D eigenvalue weighted by atomic mass is 35.5. The lowest BCUT2D eigenvalue weighted by Gasteiger charge is -2.00. The van der Waals surface area contributed by atoms with Crippen molar-refractivity contribution in [3.63, 3.8) is 0 Å². The smallest absolute Gasteiger partial charge is 0.243 e. The number of halogens is 1. The van der Waals surface area contributed by atoms with E-state index in [0.717, 1.165) is 25.1 Å². The largest absolute Gasteiger partial charge is 0.289 e. The van der Waals surface area contributed by atoms with Crippen LogP contribution in [0.3, 0.4) is 0 Å². The summed E-state index contributed by atoms with van der Waals surface area (Å²) >= 11 is 5.55. The predicted molar refractivity (Wildman–Crippen MR) is 57.6 cm³/mol. The predicted octanol–water partition coefficient (Wildman–Crippen LogP) is 2.85. The Hall–Kier alpha value is -0.280. The summed E-state index contributed by atoms with van der Waals surface area (Å²) in [6, 6.07) is 0. The van der Waals surface area contributed by atoms with E-state index in [1.165, 1.54) is 25.7 Å². The Bertz CT molecular complexity index is 142. The van der Waals surface area contributed by atoms with Crippen molar-refractivity contribution in [2.75, 3.05) is 5.88 Å². The second kappa shape index (κ2) is 10.8. The quantitative estimate of drug-likeness (QED) is 0.272. The van der Waals surface area contributed by atoms with E-state index in [2.05, 4.69) is 0 Å². The third kappa shape index (κ3) is 9.81. The van der Waals surface area contributed by atoms with Crippen LogP contribution in [-0.4, -0.2) is 17.0 Å². The van der Waals surface area contributed by atoms with Gasteiger partial charge in [-0.15, -0.1) is 11.6 Å². The number of amides is 1. The summed E-state index contributed by atoms with van der Waals surface area (Å²) in [7, 11) is 0. The molecule has 2 N–H and O–H groups in total. The Balaban J connectivity index is 2.95. The fraction of sp³-hybridized carbons (Fsp3) is 0.900. The molecule has 0 unspecified atom stereocenters. The SMILES string of the molecule is O=C(CCCCCCCCCCl)NO. The summed E-state index contributed by atoms with van der Waals surface area (Å²) in [6.45, 7) is 0. The first-order chi connectivity index (χ1) is 6.81. The molecule has 0 spiro atoms. The van der Waals surface area contributed by atoms with Gasteiger partial charge in [-0.3, -0.25) is 10.0 Å². The van der Waals surface area contributed by atoms with E-state index in [9.17, 15) is 4.79 Å². The maximum atomic E-state index is 10.6. The number of alkyl halides is 1. The van der Waals surface area contributed by atoms with Gasteiger partial charge >= 0.3 is 0 Å². The number of carbonyl (C=O) groups excluding carboxylic acids is 1. The molecule has 14 heavy (non-hydrogen) atoms. The molecule has 0 saturated carbocycles. The standard InChI is InChI=1S/C10H20ClNO2/c11-9-7-5-3-1-2-4-6-8-10(13)12-14/h14H,1-9H2,(H,12,13). The van der Waals surface area contributed by atoms with Crippen LogP contribution in [0.1, 0.15) is 51.4 Å². The molecule has 1 amide bonds. The van der Waals surface area contributed by atoms with Gasteiger partial charge in [-0.05, 0) is 12.8 Å². The molecule has 0 bridgehead atoms. The fourth-order valence-electron chi connectivity index (χ4n) is 1.32. The summed E-state index contributed by atoms with van der Waals surface area (Å²) in [5.41, 5.74) is 1.63. The van der Waals surface area contributed by atoms with Gasteiger partial charge in [0.15, 0.2) is 0 Å². The lowest BCUT2D eigenvalue weighted by Crippen LogP contribution is -2.17. The zero-order valence-corrected chi connectivity index (χ0v) is 9.35. The molecule has 84 valence electrons. The zero-order valence-electron chi connectivity index (χ0n) is 8.60. The molecule has 0 aromatic carbocycles. The number of hydroxylamine groups is 1. The Morgan fingerprint density at radius 2 is 1.50 bits per heavy atom. The van der Waals surface area contributed by atoms with Crippen LogP contribution in [0.4, 0.5) is 0 Å². The highest BCUT2D eigenvalue weighted by molar-refractivity contribution is 6.17.